The second kappa shape index (κ2) is 4.15. The molecule has 0 fully saturated rings. The van der Waals surface area contributed by atoms with Crippen molar-refractivity contribution in [2.75, 3.05) is 0 Å². The molecule has 0 spiro atoms. The molecule has 0 unspecified atom stereocenters. The number of rotatable bonds is 3. The molecule has 3 N–H and O–H groups in total. The highest BCUT2D eigenvalue weighted by Gasteiger charge is 2.10. The maximum atomic E-state index is 9.16. The first-order valence-corrected chi connectivity index (χ1v) is 4.41. The van der Waals surface area contributed by atoms with E-state index in [2.05, 4.69) is 0 Å². The van der Waals surface area contributed by atoms with Gasteiger partial charge in [0, 0.05) is 5.56 Å². The van der Waals surface area contributed by atoms with Gasteiger partial charge in [0.2, 0.25) is 0 Å². The van der Waals surface area contributed by atoms with Gasteiger partial charge in [0.25, 0.3) is 0 Å². The Labute approximate surface area is 83.4 Å². The van der Waals surface area contributed by atoms with E-state index in [0.29, 0.717) is 5.56 Å². The summed E-state index contributed by atoms with van der Waals surface area (Å²) in [5.41, 5.74) is 2.74. The molecule has 3 nitrogen and oxygen atoms in total. The molecule has 0 atom stereocenters. The summed E-state index contributed by atoms with van der Waals surface area (Å²) >= 11 is 0. The number of benzene rings is 1. The molecule has 0 aliphatic rings. The summed E-state index contributed by atoms with van der Waals surface area (Å²) in [7, 11) is 0. The van der Waals surface area contributed by atoms with E-state index in [4.69, 9.17) is 15.9 Å². The Morgan fingerprint density at radius 2 is 2.00 bits per heavy atom. The summed E-state index contributed by atoms with van der Waals surface area (Å²) < 4.78 is 0. The lowest BCUT2D eigenvalue weighted by Crippen LogP contribution is -2.12. The highest BCUT2D eigenvalue weighted by atomic mass is 16.3. The zero-order chi connectivity index (χ0) is 10.7. The van der Waals surface area contributed by atoms with Gasteiger partial charge in [-0.25, -0.2) is 0 Å². The predicted octanol–water partition coefficient (Wildman–Crippen LogP) is 1.89. The van der Waals surface area contributed by atoms with Gasteiger partial charge >= 0.3 is 0 Å². The molecule has 0 saturated carbocycles. The van der Waals surface area contributed by atoms with Crippen LogP contribution in [0.2, 0.25) is 0 Å². The van der Waals surface area contributed by atoms with Crippen LogP contribution in [0.4, 0.5) is 0 Å². The first-order valence-electron chi connectivity index (χ1n) is 4.41. The van der Waals surface area contributed by atoms with Crippen LogP contribution >= 0.6 is 0 Å². The standard InChI is InChI=1S/C11H14N2O/c1-7-4-3-5-9(10(7)6-14)11(13)8(2)12/h3-5,12-14H,6H2,1-2H3. The van der Waals surface area contributed by atoms with Crippen molar-refractivity contribution in [3.05, 3.63) is 34.9 Å². The lowest BCUT2D eigenvalue weighted by atomic mass is 9.97. The fraction of sp³-hybridized carbons (Fsp3) is 0.273. The van der Waals surface area contributed by atoms with Crippen LogP contribution in [0, 0.1) is 17.7 Å². The van der Waals surface area contributed by atoms with Gasteiger partial charge in [-0.2, -0.15) is 0 Å². The van der Waals surface area contributed by atoms with Gasteiger partial charge < -0.3 is 10.5 Å². The Balaban J connectivity index is 3.27. The fourth-order valence-corrected chi connectivity index (χ4v) is 1.35. The minimum absolute atomic E-state index is 0.0856. The van der Waals surface area contributed by atoms with E-state index in [1.165, 1.54) is 0 Å². The Bertz CT molecular complexity index is 383. The molecular weight excluding hydrogens is 176 g/mol. The lowest BCUT2D eigenvalue weighted by Gasteiger charge is -2.10. The summed E-state index contributed by atoms with van der Waals surface area (Å²) in [5.74, 6) is 0. The van der Waals surface area contributed by atoms with Crippen LogP contribution in [0.5, 0.6) is 0 Å². The molecule has 0 aliphatic heterocycles. The van der Waals surface area contributed by atoms with Gasteiger partial charge in [0.15, 0.2) is 0 Å². The predicted molar refractivity (Wildman–Crippen MR) is 57.3 cm³/mol. The van der Waals surface area contributed by atoms with Crippen molar-refractivity contribution < 1.29 is 5.11 Å². The van der Waals surface area contributed by atoms with Gasteiger partial charge in [-0.05, 0) is 25.0 Å². The Morgan fingerprint density at radius 3 is 2.50 bits per heavy atom. The van der Waals surface area contributed by atoms with Crippen LogP contribution in [0.15, 0.2) is 18.2 Å². The Kier molecular flexibility index (Phi) is 3.14. The molecule has 0 aliphatic carbocycles. The summed E-state index contributed by atoms with van der Waals surface area (Å²) in [6.45, 7) is 3.38. The van der Waals surface area contributed by atoms with E-state index in [9.17, 15) is 0 Å². The lowest BCUT2D eigenvalue weighted by molar-refractivity contribution is 0.281. The smallest absolute Gasteiger partial charge is 0.0820 e. The molecule has 74 valence electrons. The van der Waals surface area contributed by atoms with Gasteiger partial charge in [-0.1, -0.05) is 18.2 Å². The maximum absolute atomic E-state index is 9.16. The normalized spacial score (nSPS) is 9.93. The first kappa shape index (κ1) is 10.6. The monoisotopic (exact) mass is 190 g/mol. The quantitative estimate of drug-likeness (QED) is 0.626. The number of aliphatic hydroxyl groups is 1. The summed E-state index contributed by atoms with van der Waals surface area (Å²) in [6, 6.07) is 5.49. The van der Waals surface area contributed by atoms with Crippen molar-refractivity contribution in [3.8, 4) is 0 Å². The molecule has 0 amide bonds. The van der Waals surface area contributed by atoms with Crippen molar-refractivity contribution >= 4 is 11.4 Å². The van der Waals surface area contributed by atoms with Crippen molar-refractivity contribution in [1.29, 1.82) is 10.8 Å². The van der Waals surface area contributed by atoms with E-state index in [1.807, 2.05) is 19.1 Å². The number of hydrogen-bond donors (Lipinski definition) is 3. The third-order valence-corrected chi connectivity index (χ3v) is 2.21. The van der Waals surface area contributed by atoms with Gasteiger partial charge in [0.1, 0.15) is 0 Å². The first-order chi connectivity index (χ1) is 6.57. The maximum Gasteiger partial charge on any atom is 0.0820 e. The molecule has 3 heteroatoms. The fourth-order valence-electron chi connectivity index (χ4n) is 1.35. The molecule has 1 aromatic carbocycles. The zero-order valence-electron chi connectivity index (χ0n) is 8.39. The second-order valence-electron chi connectivity index (χ2n) is 3.26. The van der Waals surface area contributed by atoms with Crippen molar-refractivity contribution in [2.45, 2.75) is 20.5 Å². The molecule has 0 aromatic heterocycles. The van der Waals surface area contributed by atoms with Crippen molar-refractivity contribution in [2.24, 2.45) is 0 Å². The molecule has 14 heavy (non-hydrogen) atoms. The second-order valence-corrected chi connectivity index (χ2v) is 3.26. The van der Waals surface area contributed by atoms with Crippen LogP contribution < -0.4 is 0 Å². The van der Waals surface area contributed by atoms with E-state index in [1.54, 1.807) is 13.0 Å². The van der Waals surface area contributed by atoms with E-state index in [-0.39, 0.29) is 18.0 Å². The zero-order valence-corrected chi connectivity index (χ0v) is 8.39. The number of hydrogen-bond acceptors (Lipinski definition) is 3. The SMILES string of the molecule is CC(=N)C(=N)c1cccc(C)c1CO. The average molecular weight is 190 g/mol. The highest BCUT2D eigenvalue weighted by Crippen LogP contribution is 2.15. The third kappa shape index (κ3) is 1.88. The van der Waals surface area contributed by atoms with Gasteiger partial charge in [-0.15, -0.1) is 0 Å². The highest BCUT2D eigenvalue weighted by molar-refractivity contribution is 6.45. The molecule has 1 aromatic rings. The molecular formula is C11H14N2O. The van der Waals surface area contributed by atoms with Crippen LogP contribution in [-0.2, 0) is 6.61 Å². The average Bonchev–Trinajstić information content (AvgIpc) is 2.16. The van der Waals surface area contributed by atoms with E-state index in [0.717, 1.165) is 11.1 Å². The van der Waals surface area contributed by atoms with Gasteiger partial charge in [-0.3, -0.25) is 5.41 Å². The van der Waals surface area contributed by atoms with Crippen molar-refractivity contribution in [3.63, 3.8) is 0 Å². The Hall–Kier alpha value is -1.48. The number of nitrogens with one attached hydrogen (secondary N) is 2. The molecule has 0 saturated heterocycles. The minimum Gasteiger partial charge on any atom is -0.392 e. The third-order valence-electron chi connectivity index (χ3n) is 2.21. The molecule has 0 radical (unpaired) electrons. The van der Waals surface area contributed by atoms with Crippen molar-refractivity contribution in [1.82, 2.24) is 0 Å². The number of aryl methyl sites for hydroxylation is 1. The van der Waals surface area contributed by atoms with Crippen LogP contribution in [0.3, 0.4) is 0 Å². The molecule has 1 rings (SSSR count). The number of aliphatic hydroxyl groups excluding tert-OH is 1. The summed E-state index contributed by atoms with van der Waals surface area (Å²) in [5, 5.41) is 24.2. The Morgan fingerprint density at radius 1 is 1.36 bits per heavy atom. The topological polar surface area (TPSA) is 67.9 Å². The largest absolute Gasteiger partial charge is 0.392 e. The van der Waals surface area contributed by atoms with Gasteiger partial charge in [0.05, 0.1) is 18.0 Å². The minimum atomic E-state index is -0.0856. The van der Waals surface area contributed by atoms with E-state index >= 15 is 0 Å². The van der Waals surface area contributed by atoms with Crippen LogP contribution in [-0.4, -0.2) is 16.5 Å². The molecule has 0 heterocycles. The van der Waals surface area contributed by atoms with Crippen LogP contribution in [0.1, 0.15) is 23.6 Å². The van der Waals surface area contributed by atoms with E-state index < -0.39 is 0 Å². The van der Waals surface area contributed by atoms with Crippen LogP contribution in [0.25, 0.3) is 0 Å². The summed E-state index contributed by atoms with van der Waals surface area (Å²) in [4.78, 5) is 0. The summed E-state index contributed by atoms with van der Waals surface area (Å²) in [6.07, 6.45) is 0. The molecule has 0 bridgehead atoms.